The van der Waals surface area contributed by atoms with Gasteiger partial charge in [0.2, 0.25) is 0 Å². The quantitative estimate of drug-likeness (QED) is 0.588. The van der Waals surface area contributed by atoms with Crippen LogP contribution in [0.15, 0.2) is 0 Å². The van der Waals surface area contributed by atoms with E-state index in [1.165, 1.54) is 13.1 Å². The minimum Gasteiger partial charge on any atom is -0.315 e. The summed E-state index contributed by atoms with van der Waals surface area (Å²) in [4.78, 5) is 0. The Kier molecular flexibility index (Phi) is 4.72. The van der Waals surface area contributed by atoms with Gasteiger partial charge in [-0.3, -0.25) is 0 Å². The van der Waals surface area contributed by atoms with Crippen LogP contribution in [0.5, 0.6) is 0 Å². The van der Waals surface area contributed by atoms with Crippen LogP contribution in [0.1, 0.15) is 13.8 Å². The molecule has 0 amide bonds. The van der Waals surface area contributed by atoms with Crippen LogP contribution in [0.3, 0.4) is 0 Å². The molecule has 0 aromatic heterocycles. The highest BCUT2D eigenvalue weighted by atomic mass is 35.5. The van der Waals surface area contributed by atoms with Crippen molar-refractivity contribution < 1.29 is 0 Å². The average Bonchev–Trinajstić information content (AvgIpc) is 1.64. The molecule has 1 saturated heterocycles. The topological polar surface area (TPSA) is 12.0 Å². The van der Waals surface area contributed by atoms with Crippen molar-refractivity contribution in [2.45, 2.75) is 24.3 Å². The van der Waals surface area contributed by atoms with Gasteiger partial charge in [-0.15, -0.1) is 12.4 Å². The van der Waals surface area contributed by atoms with Crippen molar-refractivity contribution in [2.75, 3.05) is 13.1 Å². The summed E-state index contributed by atoms with van der Waals surface area (Å²) < 4.78 is 0. The van der Waals surface area contributed by atoms with Gasteiger partial charge in [-0.2, -0.15) is 11.8 Å². The van der Waals surface area contributed by atoms with Crippen molar-refractivity contribution in [1.82, 2.24) is 5.32 Å². The summed E-state index contributed by atoms with van der Waals surface area (Å²) in [5.41, 5.74) is 0. The van der Waals surface area contributed by atoms with Crippen molar-refractivity contribution >= 4 is 24.2 Å². The van der Waals surface area contributed by atoms with Crippen LogP contribution >= 0.6 is 24.2 Å². The molecule has 2 atom stereocenters. The maximum Gasteiger partial charge on any atom is 0.0147 e. The molecule has 0 aromatic carbocycles. The van der Waals surface area contributed by atoms with Gasteiger partial charge in [0, 0.05) is 23.6 Å². The zero-order chi connectivity index (χ0) is 5.98. The van der Waals surface area contributed by atoms with Crippen molar-refractivity contribution in [3.05, 3.63) is 0 Å². The molecule has 1 aliphatic rings. The summed E-state index contributed by atoms with van der Waals surface area (Å²) in [7, 11) is 0. The van der Waals surface area contributed by atoms with E-state index in [2.05, 4.69) is 30.9 Å². The number of rotatable bonds is 0. The molecule has 0 aromatic rings. The standard InChI is InChI=1S/C6H13NS.ClH/c1-5-3-7-4-6(2)8-5;/h5-7H,3-4H2,1-2H3;1H. The molecule has 1 N–H and O–H groups in total. The molecular formula is C6H14ClNS. The number of halogens is 1. The largest absolute Gasteiger partial charge is 0.315 e. The van der Waals surface area contributed by atoms with Crippen LogP contribution < -0.4 is 5.32 Å². The van der Waals surface area contributed by atoms with E-state index in [4.69, 9.17) is 0 Å². The second-order valence-electron chi connectivity index (χ2n) is 2.42. The third kappa shape index (κ3) is 3.33. The van der Waals surface area contributed by atoms with Gasteiger partial charge in [-0.25, -0.2) is 0 Å². The van der Waals surface area contributed by atoms with E-state index in [-0.39, 0.29) is 12.4 Å². The second-order valence-corrected chi connectivity index (χ2v) is 4.30. The SMILES string of the molecule is CC1CNCC(C)S1.Cl. The minimum atomic E-state index is 0. The summed E-state index contributed by atoms with van der Waals surface area (Å²) in [6, 6.07) is 0. The van der Waals surface area contributed by atoms with Gasteiger partial charge < -0.3 is 5.32 Å². The van der Waals surface area contributed by atoms with Crippen LogP contribution in [-0.2, 0) is 0 Å². The Morgan fingerprint density at radius 3 is 1.89 bits per heavy atom. The second kappa shape index (κ2) is 4.42. The monoisotopic (exact) mass is 167 g/mol. The molecule has 0 aliphatic carbocycles. The maximum absolute atomic E-state index is 3.36. The Morgan fingerprint density at radius 2 is 1.67 bits per heavy atom. The normalized spacial score (nSPS) is 35.3. The zero-order valence-corrected chi connectivity index (χ0v) is 7.52. The first-order chi connectivity index (χ1) is 3.79. The molecule has 0 saturated carbocycles. The first kappa shape index (κ1) is 9.60. The number of hydrogen-bond donors (Lipinski definition) is 1. The molecule has 1 heterocycles. The molecular weight excluding hydrogens is 154 g/mol. The lowest BCUT2D eigenvalue weighted by Gasteiger charge is -2.23. The first-order valence-electron chi connectivity index (χ1n) is 3.15. The summed E-state index contributed by atoms with van der Waals surface area (Å²) >= 11 is 2.08. The molecule has 1 aliphatic heterocycles. The highest BCUT2D eigenvalue weighted by molar-refractivity contribution is 8.00. The fourth-order valence-electron chi connectivity index (χ4n) is 0.983. The lowest BCUT2D eigenvalue weighted by atomic mass is 10.4. The summed E-state index contributed by atoms with van der Waals surface area (Å²) in [6.45, 7) is 6.92. The molecule has 0 radical (unpaired) electrons. The van der Waals surface area contributed by atoms with E-state index >= 15 is 0 Å². The van der Waals surface area contributed by atoms with Gasteiger partial charge in [0.1, 0.15) is 0 Å². The Morgan fingerprint density at radius 1 is 1.22 bits per heavy atom. The Hall–Kier alpha value is 0.600. The third-order valence-electron chi connectivity index (χ3n) is 1.33. The number of nitrogens with one attached hydrogen (secondary N) is 1. The summed E-state index contributed by atoms with van der Waals surface area (Å²) in [6.07, 6.45) is 0. The van der Waals surface area contributed by atoms with E-state index < -0.39 is 0 Å². The molecule has 56 valence electrons. The highest BCUT2D eigenvalue weighted by Gasteiger charge is 2.13. The van der Waals surface area contributed by atoms with Gasteiger partial charge in [-0.05, 0) is 0 Å². The fraction of sp³-hybridized carbons (Fsp3) is 1.00. The van der Waals surface area contributed by atoms with Crippen LogP contribution in [-0.4, -0.2) is 23.6 Å². The van der Waals surface area contributed by atoms with Crippen molar-refractivity contribution in [2.24, 2.45) is 0 Å². The van der Waals surface area contributed by atoms with E-state index in [0.29, 0.717) is 0 Å². The predicted molar refractivity (Wildman–Crippen MR) is 46.6 cm³/mol. The van der Waals surface area contributed by atoms with Gasteiger partial charge in [0.25, 0.3) is 0 Å². The Bertz CT molecular complexity index is 71.5. The lowest BCUT2D eigenvalue weighted by molar-refractivity contribution is 0.648. The van der Waals surface area contributed by atoms with Gasteiger partial charge in [-0.1, -0.05) is 13.8 Å². The summed E-state index contributed by atoms with van der Waals surface area (Å²) in [5, 5.41) is 5.00. The maximum atomic E-state index is 3.36. The molecule has 1 fully saturated rings. The van der Waals surface area contributed by atoms with Crippen molar-refractivity contribution in [3.63, 3.8) is 0 Å². The fourth-order valence-corrected chi connectivity index (χ4v) is 2.20. The lowest BCUT2D eigenvalue weighted by Crippen LogP contribution is -2.35. The zero-order valence-electron chi connectivity index (χ0n) is 5.89. The van der Waals surface area contributed by atoms with E-state index in [9.17, 15) is 0 Å². The van der Waals surface area contributed by atoms with Crippen LogP contribution in [0.25, 0.3) is 0 Å². The minimum absolute atomic E-state index is 0. The number of hydrogen-bond acceptors (Lipinski definition) is 2. The summed E-state index contributed by atoms with van der Waals surface area (Å²) in [5.74, 6) is 0. The van der Waals surface area contributed by atoms with Gasteiger partial charge in [0.05, 0.1) is 0 Å². The highest BCUT2D eigenvalue weighted by Crippen LogP contribution is 2.18. The van der Waals surface area contributed by atoms with Crippen molar-refractivity contribution in [1.29, 1.82) is 0 Å². The molecule has 1 nitrogen and oxygen atoms in total. The smallest absolute Gasteiger partial charge is 0.0147 e. The number of thioether (sulfide) groups is 1. The molecule has 2 unspecified atom stereocenters. The molecule has 1 rings (SSSR count). The van der Waals surface area contributed by atoms with Crippen LogP contribution in [0.4, 0.5) is 0 Å². The Labute approximate surface area is 67.4 Å². The van der Waals surface area contributed by atoms with Crippen LogP contribution in [0.2, 0.25) is 0 Å². The molecule has 9 heavy (non-hydrogen) atoms. The van der Waals surface area contributed by atoms with Gasteiger partial charge in [0.15, 0.2) is 0 Å². The van der Waals surface area contributed by atoms with Crippen LogP contribution in [0, 0.1) is 0 Å². The van der Waals surface area contributed by atoms with Crippen molar-refractivity contribution in [3.8, 4) is 0 Å². The first-order valence-corrected chi connectivity index (χ1v) is 4.09. The van der Waals surface area contributed by atoms with Gasteiger partial charge >= 0.3 is 0 Å². The van der Waals surface area contributed by atoms with E-state index in [1.54, 1.807) is 0 Å². The molecule has 3 heteroatoms. The predicted octanol–water partition coefficient (Wildman–Crippen LogP) is 1.52. The van der Waals surface area contributed by atoms with E-state index in [1.807, 2.05) is 0 Å². The third-order valence-corrected chi connectivity index (χ3v) is 2.59. The molecule has 0 bridgehead atoms. The molecule has 0 spiro atoms. The average molecular weight is 168 g/mol. The van der Waals surface area contributed by atoms with E-state index in [0.717, 1.165) is 10.5 Å². The Balaban J connectivity index is 0.000000640.